The maximum atomic E-state index is 13.7. The lowest BCUT2D eigenvalue weighted by Crippen LogP contribution is -2.05. The summed E-state index contributed by atoms with van der Waals surface area (Å²) in [6.07, 6.45) is 2.11. The van der Waals surface area contributed by atoms with Gasteiger partial charge >= 0.3 is 0 Å². The summed E-state index contributed by atoms with van der Waals surface area (Å²) in [7, 11) is 0. The van der Waals surface area contributed by atoms with Crippen molar-refractivity contribution in [1.29, 1.82) is 5.26 Å². The van der Waals surface area contributed by atoms with Crippen molar-refractivity contribution < 1.29 is 8.78 Å². The van der Waals surface area contributed by atoms with E-state index < -0.39 is 11.6 Å². The Morgan fingerprint density at radius 1 is 1.42 bits per heavy atom. The van der Waals surface area contributed by atoms with Gasteiger partial charge in [-0.05, 0) is 22.4 Å². The summed E-state index contributed by atoms with van der Waals surface area (Å²) in [6.45, 7) is 2.55. The normalized spacial score (nSPS) is 10.5. The van der Waals surface area contributed by atoms with Crippen LogP contribution in [0.1, 0.15) is 18.9 Å². The van der Waals surface area contributed by atoms with E-state index in [0.717, 1.165) is 12.5 Å². The van der Waals surface area contributed by atoms with Gasteiger partial charge in [-0.2, -0.15) is 5.26 Å². The highest BCUT2D eigenvalue weighted by Gasteiger charge is 2.17. The summed E-state index contributed by atoms with van der Waals surface area (Å²) in [5.41, 5.74) is 0.692. The Morgan fingerprint density at radius 3 is 2.79 bits per heavy atom. The molecule has 0 aliphatic rings. The van der Waals surface area contributed by atoms with Gasteiger partial charge in [0.15, 0.2) is 5.82 Å². The second-order valence-electron chi connectivity index (χ2n) is 3.96. The summed E-state index contributed by atoms with van der Waals surface area (Å²) in [6, 6.07) is 2.74. The van der Waals surface area contributed by atoms with Gasteiger partial charge in [-0.15, -0.1) is 0 Å². The SMILES string of the molecule is CCCNc1c(C#N)cnc2c(F)cc(F)c(Br)c12. The van der Waals surface area contributed by atoms with Crippen LogP contribution < -0.4 is 5.32 Å². The number of fused-ring (bicyclic) bond motifs is 1. The van der Waals surface area contributed by atoms with Crippen LogP contribution in [0.4, 0.5) is 14.5 Å². The van der Waals surface area contributed by atoms with E-state index in [1.807, 2.05) is 13.0 Å². The first-order chi connectivity index (χ1) is 9.10. The largest absolute Gasteiger partial charge is 0.383 e. The molecule has 1 aromatic carbocycles. The van der Waals surface area contributed by atoms with Gasteiger partial charge in [-0.25, -0.2) is 8.78 Å². The third-order valence-electron chi connectivity index (χ3n) is 2.66. The Hall–Kier alpha value is -1.74. The van der Waals surface area contributed by atoms with Gasteiger partial charge in [-0.1, -0.05) is 6.92 Å². The summed E-state index contributed by atoms with van der Waals surface area (Å²) >= 11 is 3.09. The number of nitriles is 1. The molecule has 0 aliphatic heterocycles. The van der Waals surface area contributed by atoms with Crippen molar-refractivity contribution in [2.75, 3.05) is 11.9 Å². The van der Waals surface area contributed by atoms with Crippen LogP contribution in [0.15, 0.2) is 16.7 Å². The van der Waals surface area contributed by atoms with Gasteiger partial charge < -0.3 is 5.32 Å². The predicted molar refractivity (Wildman–Crippen MR) is 72.9 cm³/mol. The Balaban J connectivity index is 2.83. The number of aromatic nitrogens is 1. The van der Waals surface area contributed by atoms with Crippen LogP contribution >= 0.6 is 15.9 Å². The van der Waals surface area contributed by atoms with Crippen LogP contribution in [-0.4, -0.2) is 11.5 Å². The molecule has 0 atom stereocenters. The molecule has 0 radical (unpaired) electrons. The number of pyridine rings is 1. The molecule has 19 heavy (non-hydrogen) atoms. The second-order valence-corrected chi connectivity index (χ2v) is 4.76. The van der Waals surface area contributed by atoms with Crippen molar-refractivity contribution in [1.82, 2.24) is 4.98 Å². The Kier molecular flexibility index (Phi) is 3.96. The number of benzene rings is 1. The molecule has 0 bridgehead atoms. The van der Waals surface area contributed by atoms with Crippen LogP contribution in [0, 0.1) is 23.0 Å². The van der Waals surface area contributed by atoms with Gasteiger partial charge in [0.2, 0.25) is 0 Å². The first-order valence-electron chi connectivity index (χ1n) is 5.70. The monoisotopic (exact) mass is 325 g/mol. The number of hydrogen-bond donors (Lipinski definition) is 1. The van der Waals surface area contributed by atoms with Gasteiger partial charge in [0.05, 0.1) is 15.7 Å². The lowest BCUT2D eigenvalue weighted by atomic mass is 10.1. The highest BCUT2D eigenvalue weighted by Crippen LogP contribution is 2.35. The van der Waals surface area contributed by atoms with E-state index in [-0.39, 0.29) is 20.9 Å². The fourth-order valence-corrected chi connectivity index (χ4v) is 2.29. The second kappa shape index (κ2) is 5.49. The molecular weight excluding hydrogens is 316 g/mol. The number of halogens is 3. The van der Waals surface area contributed by atoms with Crippen molar-refractivity contribution in [2.45, 2.75) is 13.3 Å². The minimum Gasteiger partial charge on any atom is -0.383 e. The standard InChI is InChI=1S/C13H10BrF2N3/c1-2-3-18-12-7(5-17)6-19-13-9(16)4-8(15)11(14)10(12)13/h4,6H,2-3H2,1H3,(H,18,19). The Morgan fingerprint density at radius 2 is 2.16 bits per heavy atom. The molecule has 0 fully saturated rings. The van der Waals surface area contributed by atoms with Crippen molar-refractivity contribution in [3.63, 3.8) is 0 Å². The minimum atomic E-state index is -0.750. The van der Waals surface area contributed by atoms with E-state index >= 15 is 0 Å². The quantitative estimate of drug-likeness (QED) is 0.868. The summed E-state index contributed by atoms with van der Waals surface area (Å²) in [5, 5.41) is 12.4. The first kappa shape index (κ1) is 13.7. The lowest BCUT2D eigenvalue weighted by Gasteiger charge is -2.12. The van der Waals surface area contributed by atoms with Crippen LogP contribution in [-0.2, 0) is 0 Å². The molecule has 2 aromatic rings. The Bertz CT molecular complexity index is 680. The Labute approximate surface area is 117 Å². The van der Waals surface area contributed by atoms with Gasteiger partial charge in [-0.3, -0.25) is 4.98 Å². The van der Waals surface area contributed by atoms with Crippen molar-refractivity contribution in [3.8, 4) is 6.07 Å². The third kappa shape index (κ3) is 2.38. The predicted octanol–water partition coefficient (Wildman–Crippen LogP) is 3.97. The fourth-order valence-electron chi connectivity index (χ4n) is 1.79. The highest BCUT2D eigenvalue weighted by molar-refractivity contribution is 9.10. The lowest BCUT2D eigenvalue weighted by molar-refractivity contribution is 0.586. The first-order valence-corrected chi connectivity index (χ1v) is 6.49. The minimum absolute atomic E-state index is 0.0332. The molecule has 0 aliphatic carbocycles. The zero-order valence-electron chi connectivity index (χ0n) is 10.1. The van der Waals surface area contributed by atoms with E-state index in [2.05, 4.69) is 26.2 Å². The average molecular weight is 326 g/mol. The van der Waals surface area contributed by atoms with E-state index in [1.54, 1.807) is 0 Å². The molecule has 0 unspecified atom stereocenters. The van der Waals surface area contributed by atoms with E-state index in [4.69, 9.17) is 5.26 Å². The van der Waals surface area contributed by atoms with Crippen LogP contribution in [0.2, 0.25) is 0 Å². The van der Waals surface area contributed by atoms with Crippen LogP contribution in [0.3, 0.4) is 0 Å². The van der Waals surface area contributed by atoms with E-state index in [9.17, 15) is 8.78 Å². The number of nitrogens with zero attached hydrogens (tertiary/aromatic N) is 2. The molecule has 0 saturated carbocycles. The molecule has 0 spiro atoms. The van der Waals surface area contributed by atoms with Gasteiger partial charge in [0.1, 0.15) is 17.4 Å². The molecule has 1 N–H and O–H groups in total. The zero-order chi connectivity index (χ0) is 14.0. The molecular formula is C13H10BrF2N3. The molecule has 0 amide bonds. The fraction of sp³-hybridized carbons (Fsp3) is 0.231. The average Bonchev–Trinajstić information content (AvgIpc) is 2.41. The van der Waals surface area contributed by atoms with Crippen LogP contribution in [0.5, 0.6) is 0 Å². The summed E-state index contributed by atoms with van der Waals surface area (Å²) < 4.78 is 27.5. The summed E-state index contributed by atoms with van der Waals surface area (Å²) in [4.78, 5) is 3.89. The maximum absolute atomic E-state index is 13.7. The van der Waals surface area contributed by atoms with Crippen molar-refractivity contribution in [2.24, 2.45) is 0 Å². The highest BCUT2D eigenvalue weighted by atomic mass is 79.9. The molecule has 6 heteroatoms. The molecule has 1 heterocycles. The maximum Gasteiger partial charge on any atom is 0.152 e. The zero-order valence-corrected chi connectivity index (χ0v) is 11.7. The molecule has 98 valence electrons. The number of anilines is 1. The smallest absolute Gasteiger partial charge is 0.152 e. The van der Waals surface area contributed by atoms with Crippen LogP contribution in [0.25, 0.3) is 10.9 Å². The van der Waals surface area contributed by atoms with Gasteiger partial charge in [0, 0.05) is 24.2 Å². The topological polar surface area (TPSA) is 48.7 Å². The van der Waals surface area contributed by atoms with Gasteiger partial charge in [0.25, 0.3) is 0 Å². The summed E-state index contributed by atoms with van der Waals surface area (Å²) in [5.74, 6) is -1.47. The third-order valence-corrected chi connectivity index (χ3v) is 3.44. The molecule has 0 saturated heterocycles. The molecule has 3 nitrogen and oxygen atoms in total. The van der Waals surface area contributed by atoms with E-state index in [1.165, 1.54) is 6.20 Å². The molecule has 2 rings (SSSR count). The number of hydrogen-bond acceptors (Lipinski definition) is 3. The van der Waals surface area contributed by atoms with Crippen molar-refractivity contribution >= 4 is 32.5 Å². The van der Waals surface area contributed by atoms with Crippen molar-refractivity contribution in [3.05, 3.63) is 33.9 Å². The molecule has 1 aromatic heterocycles. The number of rotatable bonds is 3. The number of nitrogens with one attached hydrogen (secondary N) is 1. The van der Waals surface area contributed by atoms with E-state index in [0.29, 0.717) is 12.2 Å².